The van der Waals surface area contributed by atoms with Crippen LogP contribution in [0.1, 0.15) is 18.4 Å². The van der Waals surface area contributed by atoms with E-state index >= 15 is 0 Å². The summed E-state index contributed by atoms with van der Waals surface area (Å²) in [5.41, 5.74) is 1.42. The van der Waals surface area contributed by atoms with Gasteiger partial charge in [-0.1, -0.05) is 12.1 Å². The Labute approximate surface area is 159 Å². The number of carbonyl (C=O) groups is 2. The summed E-state index contributed by atoms with van der Waals surface area (Å²) in [5, 5.41) is 2.77. The zero-order valence-electron chi connectivity index (χ0n) is 14.0. The Morgan fingerprint density at radius 3 is 2.85 bits per heavy atom. The third-order valence-electron chi connectivity index (χ3n) is 4.01. The van der Waals surface area contributed by atoms with Gasteiger partial charge in [-0.2, -0.15) is 0 Å². The number of likely N-dealkylation sites (tertiary alicyclic amines) is 1. The van der Waals surface area contributed by atoms with Gasteiger partial charge in [-0.3, -0.25) is 9.59 Å². The molecule has 0 bridgehead atoms. The molecule has 1 saturated heterocycles. The average Bonchev–Trinajstić information content (AvgIpc) is 3.01. The SMILES string of the molecule is O=C(CN1CCCC1=O)Nc1cccc(OCc2ccc(F)c(Br)c2)c1. The predicted octanol–water partition coefficient (Wildman–Crippen LogP) is 3.73. The van der Waals surface area contributed by atoms with E-state index in [-0.39, 0.29) is 30.8 Å². The van der Waals surface area contributed by atoms with Crippen molar-refractivity contribution in [3.63, 3.8) is 0 Å². The molecule has 0 saturated carbocycles. The molecule has 1 heterocycles. The summed E-state index contributed by atoms with van der Waals surface area (Å²) in [6.07, 6.45) is 1.31. The van der Waals surface area contributed by atoms with Crippen LogP contribution in [0.15, 0.2) is 46.9 Å². The summed E-state index contributed by atoms with van der Waals surface area (Å²) in [6, 6.07) is 11.7. The van der Waals surface area contributed by atoms with Gasteiger partial charge in [-0.15, -0.1) is 0 Å². The summed E-state index contributed by atoms with van der Waals surface area (Å²) in [7, 11) is 0. The van der Waals surface area contributed by atoms with Gasteiger partial charge >= 0.3 is 0 Å². The smallest absolute Gasteiger partial charge is 0.243 e. The number of hydrogen-bond donors (Lipinski definition) is 1. The molecule has 1 aliphatic heterocycles. The first-order chi connectivity index (χ1) is 12.5. The van der Waals surface area contributed by atoms with Crippen LogP contribution in [0.25, 0.3) is 0 Å². The van der Waals surface area contributed by atoms with Gasteiger partial charge in [-0.05, 0) is 52.2 Å². The minimum atomic E-state index is -0.324. The fourth-order valence-corrected chi connectivity index (χ4v) is 3.13. The van der Waals surface area contributed by atoms with Crippen molar-refractivity contribution in [2.75, 3.05) is 18.4 Å². The summed E-state index contributed by atoms with van der Waals surface area (Å²) in [4.78, 5) is 25.2. The molecular weight excluding hydrogens is 403 g/mol. The molecule has 0 aliphatic carbocycles. The predicted molar refractivity (Wildman–Crippen MR) is 99.3 cm³/mol. The first kappa shape index (κ1) is 18.4. The molecule has 0 radical (unpaired) electrons. The molecule has 0 atom stereocenters. The van der Waals surface area contributed by atoms with Gasteiger partial charge in [-0.25, -0.2) is 4.39 Å². The monoisotopic (exact) mass is 420 g/mol. The third-order valence-corrected chi connectivity index (χ3v) is 4.62. The first-order valence-corrected chi connectivity index (χ1v) is 9.05. The standard InChI is InChI=1S/C19H18BrFN2O3/c20-16-9-13(6-7-17(16)21)12-26-15-4-1-3-14(10-15)22-18(24)11-23-8-2-5-19(23)25/h1,3-4,6-7,9-10H,2,5,8,11-12H2,(H,22,24). The number of carbonyl (C=O) groups excluding carboxylic acids is 2. The van der Waals surface area contributed by atoms with Gasteiger partial charge < -0.3 is 15.0 Å². The molecule has 7 heteroatoms. The van der Waals surface area contributed by atoms with Crippen molar-refractivity contribution >= 4 is 33.4 Å². The van der Waals surface area contributed by atoms with Crippen LogP contribution >= 0.6 is 15.9 Å². The highest BCUT2D eigenvalue weighted by Gasteiger charge is 2.22. The van der Waals surface area contributed by atoms with E-state index in [0.717, 1.165) is 12.0 Å². The molecule has 2 aromatic rings. The number of nitrogens with zero attached hydrogens (tertiary/aromatic N) is 1. The fourth-order valence-electron chi connectivity index (χ4n) is 2.70. The zero-order chi connectivity index (χ0) is 18.5. The Morgan fingerprint density at radius 2 is 2.12 bits per heavy atom. The van der Waals surface area contributed by atoms with Crippen molar-refractivity contribution in [2.24, 2.45) is 0 Å². The molecule has 1 fully saturated rings. The van der Waals surface area contributed by atoms with Crippen molar-refractivity contribution in [3.8, 4) is 5.75 Å². The number of hydrogen-bond acceptors (Lipinski definition) is 3. The van der Waals surface area contributed by atoms with E-state index in [2.05, 4.69) is 21.2 Å². The Bertz CT molecular complexity index is 828. The molecule has 0 spiro atoms. The van der Waals surface area contributed by atoms with Gasteiger partial charge in [0.1, 0.15) is 18.2 Å². The third kappa shape index (κ3) is 4.82. The molecule has 0 aromatic heterocycles. The van der Waals surface area contributed by atoms with Crippen LogP contribution in [0.3, 0.4) is 0 Å². The van der Waals surface area contributed by atoms with Crippen molar-refractivity contribution in [1.29, 1.82) is 0 Å². The van der Waals surface area contributed by atoms with E-state index in [1.807, 2.05) is 0 Å². The maximum absolute atomic E-state index is 13.3. The molecule has 3 rings (SSSR count). The molecule has 2 amide bonds. The van der Waals surface area contributed by atoms with Crippen molar-refractivity contribution < 1.29 is 18.7 Å². The average molecular weight is 421 g/mol. The second kappa shape index (κ2) is 8.31. The van der Waals surface area contributed by atoms with Crippen LogP contribution in [0.4, 0.5) is 10.1 Å². The lowest BCUT2D eigenvalue weighted by Crippen LogP contribution is -2.33. The van der Waals surface area contributed by atoms with Crippen molar-refractivity contribution in [2.45, 2.75) is 19.4 Å². The molecule has 1 aliphatic rings. The largest absolute Gasteiger partial charge is 0.489 e. The number of nitrogens with one attached hydrogen (secondary N) is 1. The Hall–Kier alpha value is -2.41. The van der Waals surface area contributed by atoms with Crippen LogP contribution in [0, 0.1) is 5.82 Å². The maximum atomic E-state index is 13.3. The molecule has 1 N–H and O–H groups in total. The fraction of sp³-hybridized carbons (Fsp3) is 0.263. The minimum Gasteiger partial charge on any atom is -0.489 e. The highest BCUT2D eigenvalue weighted by molar-refractivity contribution is 9.10. The summed E-state index contributed by atoms with van der Waals surface area (Å²) in [5.74, 6) is 0.0398. The second-order valence-electron chi connectivity index (χ2n) is 6.03. The number of benzene rings is 2. The number of halogens is 2. The van der Waals surface area contributed by atoms with Crippen LogP contribution in [0.2, 0.25) is 0 Å². The van der Waals surface area contributed by atoms with Crippen LogP contribution in [-0.4, -0.2) is 29.8 Å². The highest BCUT2D eigenvalue weighted by atomic mass is 79.9. The first-order valence-electron chi connectivity index (χ1n) is 8.26. The Kier molecular flexibility index (Phi) is 5.88. The minimum absolute atomic E-state index is 0.0164. The molecule has 5 nitrogen and oxygen atoms in total. The lowest BCUT2D eigenvalue weighted by molar-refractivity contribution is -0.131. The van der Waals surface area contributed by atoms with E-state index in [4.69, 9.17) is 4.74 Å². The van der Waals surface area contributed by atoms with Gasteiger partial charge in [0.25, 0.3) is 0 Å². The zero-order valence-corrected chi connectivity index (χ0v) is 15.6. The van der Waals surface area contributed by atoms with E-state index < -0.39 is 0 Å². The van der Waals surface area contributed by atoms with Crippen LogP contribution in [0.5, 0.6) is 5.75 Å². The molecule has 26 heavy (non-hydrogen) atoms. The van der Waals surface area contributed by atoms with Gasteiger partial charge in [0.05, 0.1) is 11.0 Å². The van der Waals surface area contributed by atoms with E-state index in [1.165, 1.54) is 6.07 Å². The normalized spacial score (nSPS) is 13.8. The van der Waals surface area contributed by atoms with E-state index in [0.29, 0.717) is 28.9 Å². The van der Waals surface area contributed by atoms with Gasteiger partial charge in [0.2, 0.25) is 11.8 Å². The lowest BCUT2D eigenvalue weighted by Gasteiger charge is -2.15. The number of rotatable bonds is 6. The molecule has 0 unspecified atom stereocenters. The molecule has 2 aromatic carbocycles. The van der Waals surface area contributed by atoms with E-state index in [9.17, 15) is 14.0 Å². The second-order valence-corrected chi connectivity index (χ2v) is 6.89. The quantitative estimate of drug-likeness (QED) is 0.774. The van der Waals surface area contributed by atoms with Gasteiger partial charge in [0.15, 0.2) is 0 Å². The lowest BCUT2D eigenvalue weighted by atomic mass is 10.2. The number of ether oxygens (including phenoxy) is 1. The van der Waals surface area contributed by atoms with Crippen molar-refractivity contribution in [3.05, 3.63) is 58.3 Å². The number of amides is 2. The summed E-state index contributed by atoms with van der Waals surface area (Å²) in [6.45, 7) is 0.967. The van der Waals surface area contributed by atoms with E-state index in [1.54, 1.807) is 41.3 Å². The van der Waals surface area contributed by atoms with Crippen molar-refractivity contribution in [1.82, 2.24) is 4.90 Å². The summed E-state index contributed by atoms with van der Waals surface area (Å²) < 4.78 is 19.3. The van der Waals surface area contributed by atoms with Crippen LogP contribution < -0.4 is 10.1 Å². The molecule has 136 valence electrons. The highest BCUT2D eigenvalue weighted by Crippen LogP contribution is 2.21. The topological polar surface area (TPSA) is 58.6 Å². The summed E-state index contributed by atoms with van der Waals surface area (Å²) >= 11 is 3.15. The Balaban J connectivity index is 1.56. The Morgan fingerprint density at radius 1 is 1.27 bits per heavy atom. The molecular formula is C19H18BrFN2O3. The van der Waals surface area contributed by atoms with Crippen LogP contribution in [-0.2, 0) is 16.2 Å². The van der Waals surface area contributed by atoms with Gasteiger partial charge in [0, 0.05) is 24.7 Å². The maximum Gasteiger partial charge on any atom is 0.243 e. The number of anilines is 1.